The third-order valence-corrected chi connectivity index (χ3v) is 4.42. The van der Waals surface area contributed by atoms with Crippen molar-refractivity contribution >= 4 is 10.0 Å². The summed E-state index contributed by atoms with van der Waals surface area (Å²) in [6.45, 7) is 8.71. The minimum absolute atomic E-state index is 0.259. The smallest absolute Gasteiger partial charge is 0.240 e. The zero-order chi connectivity index (χ0) is 15.7. The standard InChI is InChI=1S/C15H26N2O3S/c1-4-16-10-11-17-21(18,19)15-7-5-14(6-8-15)20-12-9-13(2)3/h5-8,13,16-17H,4,9-12H2,1-3H3. The molecule has 0 bridgehead atoms. The quantitative estimate of drug-likeness (QED) is 0.648. The normalized spacial score (nSPS) is 11.8. The summed E-state index contributed by atoms with van der Waals surface area (Å²) in [7, 11) is -3.44. The van der Waals surface area contributed by atoms with Crippen LogP contribution >= 0.6 is 0 Å². The Bertz CT molecular complexity index is 498. The lowest BCUT2D eigenvalue weighted by atomic mass is 10.1. The molecule has 2 N–H and O–H groups in total. The molecule has 0 aliphatic carbocycles. The number of hydrogen-bond acceptors (Lipinski definition) is 4. The van der Waals surface area contributed by atoms with Gasteiger partial charge in [-0.1, -0.05) is 20.8 Å². The maximum absolute atomic E-state index is 12.0. The lowest BCUT2D eigenvalue weighted by Gasteiger charge is -2.10. The van der Waals surface area contributed by atoms with Gasteiger partial charge in [0, 0.05) is 13.1 Å². The van der Waals surface area contributed by atoms with Crippen molar-refractivity contribution in [2.45, 2.75) is 32.1 Å². The number of hydrogen-bond donors (Lipinski definition) is 2. The number of benzene rings is 1. The van der Waals surface area contributed by atoms with Crippen LogP contribution in [-0.4, -0.2) is 34.7 Å². The van der Waals surface area contributed by atoms with E-state index in [4.69, 9.17) is 4.74 Å². The van der Waals surface area contributed by atoms with Gasteiger partial charge in [-0.3, -0.25) is 0 Å². The van der Waals surface area contributed by atoms with Crippen LogP contribution in [0.1, 0.15) is 27.2 Å². The molecule has 0 radical (unpaired) electrons. The molecule has 120 valence electrons. The van der Waals surface area contributed by atoms with Crippen molar-refractivity contribution in [1.29, 1.82) is 0 Å². The van der Waals surface area contributed by atoms with Crippen molar-refractivity contribution in [1.82, 2.24) is 10.0 Å². The van der Waals surface area contributed by atoms with Crippen molar-refractivity contribution in [3.05, 3.63) is 24.3 Å². The van der Waals surface area contributed by atoms with E-state index in [9.17, 15) is 8.42 Å². The second-order valence-electron chi connectivity index (χ2n) is 5.25. The van der Waals surface area contributed by atoms with Gasteiger partial charge >= 0.3 is 0 Å². The molecule has 0 aromatic heterocycles. The van der Waals surface area contributed by atoms with Crippen molar-refractivity contribution < 1.29 is 13.2 Å². The van der Waals surface area contributed by atoms with E-state index in [1.54, 1.807) is 24.3 Å². The third-order valence-electron chi connectivity index (χ3n) is 2.94. The summed E-state index contributed by atoms with van der Waals surface area (Å²) >= 11 is 0. The maximum Gasteiger partial charge on any atom is 0.240 e. The zero-order valence-electron chi connectivity index (χ0n) is 13.1. The van der Waals surface area contributed by atoms with Gasteiger partial charge < -0.3 is 10.1 Å². The second kappa shape index (κ2) is 9.02. The Labute approximate surface area is 128 Å². The fourth-order valence-corrected chi connectivity index (χ4v) is 2.69. The summed E-state index contributed by atoms with van der Waals surface area (Å²) in [5.74, 6) is 1.29. The Morgan fingerprint density at radius 1 is 1.14 bits per heavy atom. The highest BCUT2D eigenvalue weighted by Crippen LogP contribution is 2.16. The molecule has 0 amide bonds. The topological polar surface area (TPSA) is 67.4 Å². The van der Waals surface area contributed by atoms with Crippen LogP contribution in [-0.2, 0) is 10.0 Å². The van der Waals surface area contributed by atoms with Gasteiger partial charge in [-0.15, -0.1) is 0 Å². The van der Waals surface area contributed by atoms with Gasteiger partial charge in [0.05, 0.1) is 11.5 Å². The van der Waals surface area contributed by atoms with Crippen LogP contribution in [0.5, 0.6) is 5.75 Å². The van der Waals surface area contributed by atoms with Crippen molar-refractivity contribution in [2.75, 3.05) is 26.2 Å². The van der Waals surface area contributed by atoms with Gasteiger partial charge in [0.25, 0.3) is 0 Å². The summed E-state index contributed by atoms with van der Waals surface area (Å²) in [6, 6.07) is 6.53. The molecule has 0 unspecified atom stereocenters. The highest BCUT2D eigenvalue weighted by molar-refractivity contribution is 7.89. The zero-order valence-corrected chi connectivity index (χ0v) is 13.9. The molecular weight excluding hydrogens is 288 g/mol. The minimum Gasteiger partial charge on any atom is -0.494 e. The summed E-state index contributed by atoms with van der Waals surface area (Å²) in [4.78, 5) is 0.259. The molecule has 1 aromatic rings. The number of likely N-dealkylation sites (N-methyl/N-ethyl adjacent to an activating group) is 1. The maximum atomic E-state index is 12.0. The van der Waals surface area contributed by atoms with Crippen molar-refractivity contribution in [2.24, 2.45) is 5.92 Å². The van der Waals surface area contributed by atoms with E-state index >= 15 is 0 Å². The molecule has 1 rings (SSSR count). The molecule has 1 aromatic carbocycles. The summed E-state index contributed by atoms with van der Waals surface area (Å²) in [5, 5.41) is 3.07. The highest BCUT2D eigenvalue weighted by atomic mass is 32.2. The average Bonchev–Trinajstić information content (AvgIpc) is 2.44. The lowest BCUT2D eigenvalue weighted by Crippen LogP contribution is -2.31. The second-order valence-corrected chi connectivity index (χ2v) is 7.02. The van der Waals surface area contributed by atoms with Crippen molar-refractivity contribution in [3.63, 3.8) is 0 Å². The van der Waals surface area contributed by atoms with Crippen LogP contribution < -0.4 is 14.8 Å². The van der Waals surface area contributed by atoms with E-state index in [2.05, 4.69) is 23.9 Å². The summed E-state index contributed by atoms with van der Waals surface area (Å²) < 4.78 is 32.2. The fourth-order valence-electron chi connectivity index (χ4n) is 1.66. The first-order valence-electron chi connectivity index (χ1n) is 7.39. The predicted octanol–water partition coefficient (Wildman–Crippen LogP) is 2.00. The largest absolute Gasteiger partial charge is 0.494 e. The van der Waals surface area contributed by atoms with Crippen LogP contribution in [0, 0.1) is 5.92 Å². The molecule has 6 heteroatoms. The molecule has 0 spiro atoms. The lowest BCUT2D eigenvalue weighted by molar-refractivity contribution is 0.289. The van der Waals surface area contributed by atoms with E-state index < -0.39 is 10.0 Å². The molecule has 0 saturated heterocycles. The number of ether oxygens (including phenoxy) is 1. The van der Waals surface area contributed by atoms with Gasteiger partial charge in [0.15, 0.2) is 0 Å². The van der Waals surface area contributed by atoms with E-state index in [0.29, 0.717) is 31.4 Å². The molecule has 5 nitrogen and oxygen atoms in total. The first-order valence-corrected chi connectivity index (χ1v) is 8.87. The molecular formula is C15H26N2O3S. The molecule has 0 fully saturated rings. The predicted molar refractivity (Wildman–Crippen MR) is 85.1 cm³/mol. The fraction of sp³-hybridized carbons (Fsp3) is 0.600. The van der Waals surface area contributed by atoms with Gasteiger partial charge in [0.2, 0.25) is 10.0 Å². The molecule has 0 aliphatic rings. The Hall–Kier alpha value is -1.11. The van der Waals surface area contributed by atoms with Gasteiger partial charge in [-0.2, -0.15) is 0 Å². The Morgan fingerprint density at radius 3 is 2.38 bits per heavy atom. The number of rotatable bonds is 10. The van der Waals surface area contributed by atoms with E-state index in [-0.39, 0.29) is 4.90 Å². The molecule has 0 heterocycles. The monoisotopic (exact) mass is 314 g/mol. The number of nitrogens with one attached hydrogen (secondary N) is 2. The van der Waals surface area contributed by atoms with Gasteiger partial charge in [-0.25, -0.2) is 13.1 Å². The highest BCUT2D eigenvalue weighted by Gasteiger charge is 2.12. The summed E-state index contributed by atoms with van der Waals surface area (Å²) in [5.41, 5.74) is 0. The first kappa shape index (κ1) is 17.9. The molecule has 21 heavy (non-hydrogen) atoms. The van der Waals surface area contributed by atoms with E-state index in [0.717, 1.165) is 13.0 Å². The number of sulfonamides is 1. The van der Waals surface area contributed by atoms with Crippen LogP contribution in [0.25, 0.3) is 0 Å². The van der Waals surface area contributed by atoms with Crippen LogP contribution in [0.15, 0.2) is 29.2 Å². The van der Waals surface area contributed by atoms with Crippen molar-refractivity contribution in [3.8, 4) is 5.75 Å². The molecule has 0 saturated carbocycles. The van der Waals surface area contributed by atoms with Crippen LogP contribution in [0.2, 0.25) is 0 Å². The third kappa shape index (κ3) is 6.93. The van der Waals surface area contributed by atoms with Crippen LogP contribution in [0.4, 0.5) is 0 Å². The Morgan fingerprint density at radius 2 is 1.81 bits per heavy atom. The SMILES string of the molecule is CCNCCNS(=O)(=O)c1ccc(OCCC(C)C)cc1. The van der Waals surface area contributed by atoms with Crippen LogP contribution in [0.3, 0.4) is 0 Å². The Balaban J connectivity index is 2.52. The molecule has 0 aliphatic heterocycles. The first-order chi connectivity index (χ1) is 9.95. The summed E-state index contributed by atoms with van der Waals surface area (Å²) in [6.07, 6.45) is 0.978. The van der Waals surface area contributed by atoms with Gasteiger partial charge in [-0.05, 0) is 43.1 Å². The average molecular weight is 314 g/mol. The van der Waals surface area contributed by atoms with Gasteiger partial charge in [0.1, 0.15) is 5.75 Å². The molecule has 0 atom stereocenters. The van der Waals surface area contributed by atoms with E-state index in [1.165, 1.54) is 0 Å². The van der Waals surface area contributed by atoms with E-state index in [1.807, 2.05) is 6.92 Å². The minimum atomic E-state index is -3.44. The Kier molecular flexibility index (Phi) is 7.71.